The predicted octanol–water partition coefficient (Wildman–Crippen LogP) is 1.54. The summed E-state index contributed by atoms with van der Waals surface area (Å²) < 4.78 is 10.6. The Bertz CT molecular complexity index is 905. The number of benzene rings is 1. The van der Waals surface area contributed by atoms with Gasteiger partial charge in [0.05, 0.1) is 35.9 Å². The maximum atomic E-state index is 11.0. The van der Waals surface area contributed by atoms with Gasteiger partial charge < -0.3 is 19.5 Å². The Balaban J connectivity index is 1.81. The maximum absolute atomic E-state index is 11.0. The molecule has 1 aromatic heterocycles. The predicted molar refractivity (Wildman–Crippen MR) is 103 cm³/mol. The van der Waals surface area contributed by atoms with Crippen LogP contribution in [0.25, 0.3) is 0 Å². The quantitative estimate of drug-likeness (QED) is 0.374. The lowest BCUT2D eigenvalue weighted by Gasteiger charge is -2.26. The van der Waals surface area contributed by atoms with E-state index in [1.54, 1.807) is 0 Å². The van der Waals surface area contributed by atoms with E-state index in [0.29, 0.717) is 32.3 Å². The number of phenols is 1. The molecule has 2 aromatic rings. The van der Waals surface area contributed by atoms with Crippen molar-refractivity contribution in [2.45, 2.75) is 0 Å². The topological polar surface area (TPSA) is 148 Å². The highest BCUT2D eigenvalue weighted by Crippen LogP contribution is 2.31. The number of phenolic OH excluding ortho intramolecular Hbond substituents is 1. The second-order valence-electron chi connectivity index (χ2n) is 5.54. The minimum absolute atomic E-state index is 0.107. The summed E-state index contributed by atoms with van der Waals surface area (Å²) in [4.78, 5) is 24.9. The summed E-state index contributed by atoms with van der Waals surface area (Å²) in [6, 6.07) is 2.50. The summed E-state index contributed by atoms with van der Waals surface area (Å²) >= 11 is 3.07. The monoisotopic (exact) mass is 453 g/mol. The van der Waals surface area contributed by atoms with Crippen molar-refractivity contribution < 1.29 is 19.5 Å². The number of ether oxygens (including phenoxy) is 2. The van der Waals surface area contributed by atoms with E-state index in [1.807, 2.05) is 4.90 Å². The van der Waals surface area contributed by atoms with E-state index in [0.717, 1.165) is 0 Å². The first-order valence-electron chi connectivity index (χ1n) is 8.06. The molecule has 0 aliphatic carbocycles. The van der Waals surface area contributed by atoms with E-state index in [9.17, 15) is 15.2 Å². The van der Waals surface area contributed by atoms with Gasteiger partial charge in [-0.3, -0.25) is 10.1 Å². The Kier molecular flexibility index (Phi) is 6.16. The third-order valence-electron chi connectivity index (χ3n) is 3.74. The minimum atomic E-state index is -0.569. The standard InChI is InChI=1S/C15H16BrN7O5/c1-27-15-19-13(18-14(20-15)22-2-4-28-5-3-22)21-17-8-9-6-10(23(25)26)7-11(16)12(9)24/h6-8,24H,2-5H2,1H3,(H,18,19,20,21). The van der Waals surface area contributed by atoms with Crippen molar-refractivity contribution in [1.82, 2.24) is 15.0 Å². The molecular formula is C15H16BrN7O5. The molecule has 3 rings (SSSR count). The fourth-order valence-corrected chi connectivity index (χ4v) is 2.82. The highest BCUT2D eigenvalue weighted by molar-refractivity contribution is 9.10. The number of methoxy groups -OCH3 is 1. The summed E-state index contributed by atoms with van der Waals surface area (Å²) in [7, 11) is 1.43. The third-order valence-corrected chi connectivity index (χ3v) is 4.34. The SMILES string of the molecule is COc1nc(NN=Cc2cc([N+](=O)[O-])cc(Br)c2O)nc(N2CCOCC2)n1. The van der Waals surface area contributed by atoms with E-state index in [-0.39, 0.29) is 33.4 Å². The number of hydrogen-bond acceptors (Lipinski definition) is 11. The van der Waals surface area contributed by atoms with Gasteiger partial charge in [0, 0.05) is 30.8 Å². The van der Waals surface area contributed by atoms with Crippen LogP contribution < -0.4 is 15.1 Å². The Morgan fingerprint density at radius 2 is 2.14 bits per heavy atom. The molecule has 1 saturated heterocycles. The fourth-order valence-electron chi connectivity index (χ4n) is 2.36. The number of morpholine rings is 1. The van der Waals surface area contributed by atoms with Crippen molar-refractivity contribution in [3.05, 3.63) is 32.3 Å². The van der Waals surface area contributed by atoms with Gasteiger partial charge in [-0.25, -0.2) is 5.43 Å². The van der Waals surface area contributed by atoms with Gasteiger partial charge in [-0.2, -0.15) is 20.1 Å². The molecule has 1 aromatic carbocycles. The van der Waals surface area contributed by atoms with Crippen molar-refractivity contribution in [2.24, 2.45) is 5.10 Å². The first-order valence-corrected chi connectivity index (χ1v) is 8.86. The average Bonchev–Trinajstić information content (AvgIpc) is 2.71. The number of hydrazone groups is 1. The number of nitro groups is 1. The number of nitrogens with one attached hydrogen (secondary N) is 1. The molecule has 0 spiro atoms. The molecule has 2 heterocycles. The molecule has 2 N–H and O–H groups in total. The summed E-state index contributed by atoms with van der Waals surface area (Å²) in [5, 5.41) is 24.9. The van der Waals surface area contributed by atoms with Crippen molar-refractivity contribution in [3.8, 4) is 11.8 Å². The Morgan fingerprint density at radius 1 is 1.39 bits per heavy atom. The van der Waals surface area contributed by atoms with Gasteiger partial charge in [-0.1, -0.05) is 0 Å². The van der Waals surface area contributed by atoms with Gasteiger partial charge in [0.1, 0.15) is 5.75 Å². The minimum Gasteiger partial charge on any atom is -0.506 e. The highest BCUT2D eigenvalue weighted by Gasteiger charge is 2.17. The van der Waals surface area contributed by atoms with Crippen LogP contribution in [-0.2, 0) is 4.74 Å². The van der Waals surface area contributed by atoms with Crippen LogP contribution in [0.2, 0.25) is 0 Å². The van der Waals surface area contributed by atoms with Gasteiger partial charge >= 0.3 is 6.01 Å². The van der Waals surface area contributed by atoms with Gasteiger partial charge in [0.2, 0.25) is 5.95 Å². The molecule has 1 aliphatic rings. The van der Waals surface area contributed by atoms with E-state index >= 15 is 0 Å². The second kappa shape index (κ2) is 8.75. The molecule has 0 radical (unpaired) electrons. The summed E-state index contributed by atoms with van der Waals surface area (Å²) in [5.74, 6) is 0.348. The number of non-ortho nitro benzene ring substituents is 1. The zero-order valence-electron chi connectivity index (χ0n) is 14.7. The van der Waals surface area contributed by atoms with Gasteiger partial charge in [0.15, 0.2) is 0 Å². The van der Waals surface area contributed by atoms with Gasteiger partial charge in [-0.15, -0.1) is 0 Å². The van der Waals surface area contributed by atoms with Crippen LogP contribution in [-0.4, -0.2) is 64.6 Å². The van der Waals surface area contributed by atoms with Crippen LogP contribution in [0, 0.1) is 10.1 Å². The van der Waals surface area contributed by atoms with Crippen molar-refractivity contribution in [1.29, 1.82) is 0 Å². The molecule has 0 amide bonds. The number of hydrogen-bond donors (Lipinski definition) is 2. The van der Waals surface area contributed by atoms with Crippen molar-refractivity contribution in [3.63, 3.8) is 0 Å². The molecule has 0 saturated carbocycles. The van der Waals surface area contributed by atoms with Crippen LogP contribution in [0.15, 0.2) is 21.7 Å². The molecule has 28 heavy (non-hydrogen) atoms. The number of aromatic hydroxyl groups is 1. The average molecular weight is 454 g/mol. The second-order valence-corrected chi connectivity index (χ2v) is 6.39. The van der Waals surface area contributed by atoms with E-state index in [4.69, 9.17) is 9.47 Å². The normalized spacial score (nSPS) is 14.3. The van der Waals surface area contributed by atoms with Crippen molar-refractivity contribution >= 4 is 39.7 Å². The molecule has 0 unspecified atom stereocenters. The molecular weight excluding hydrogens is 438 g/mol. The molecule has 13 heteroatoms. The lowest BCUT2D eigenvalue weighted by atomic mass is 10.2. The third kappa shape index (κ3) is 4.61. The van der Waals surface area contributed by atoms with Gasteiger partial charge in [-0.05, 0) is 15.9 Å². The van der Waals surface area contributed by atoms with E-state index in [2.05, 4.69) is 41.4 Å². The van der Waals surface area contributed by atoms with Crippen LogP contribution in [0.5, 0.6) is 11.8 Å². The summed E-state index contributed by atoms with van der Waals surface area (Å²) in [5.41, 5.74) is 2.57. The zero-order valence-corrected chi connectivity index (χ0v) is 16.3. The van der Waals surface area contributed by atoms with Crippen LogP contribution in [0.1, 0.15) is 5.56 Å². The van der Waals surface area contributed by atoms with Crippen LogP contribution >= 0.6 is 15.9 Å². The van der Waals surface area contributed by atoms with Gasteiger partial charge in [0.25, 0.3) is 11.6 Å². The van der Waals surface area contributed by atoms with Crippen molar-refractivity contribution in [2.75, 3.05) is 43.7 Å². The molecule has 0 bridgehead atoms. The first kappa shape index (κ1) is 19.7. The van der Waals surface area contributed by atoms with E-state index < -0.39 is 4.92 Å². The molecule has 1 fully saturated rings. The zero-order chi connectivity index (χ0) is 20.1. The lowest BCUT2D eigenvalue weighted by molar-refractivity contribution is -0.385. The van der Waals surface area contributed by atoms with E-state index in [1.165, 1.54) is 25.5 Å². The fraction of sp³-hybridized carbons (Fsp3) is 0.333. The highest BCUT2D eigenvalue weighted by atomic mass is 79.9. The maximum Gasteiger partial charge on any atom is 0.322 e. The number of halogens is 1. The molecule has 148 valence electrons. The summed E-state index contributed by atoms with van der Waals surface area (Å²) in [6.45, 7) is 2.39. The molecule has 12 nitrogen and oxygen atoms in total. The smallest absolute Gasteiger partial charge is 0.322 e. The molecule has 0 atom stereocenters. The Labute approximate surface area is 167 Å². The lowest BCUT2D eigenvalue weighted by Crippen LogP contribution is -2.37. The number of nitro benzene ring substituents is 1. The van der Waals surface area contributed by atoms with Crippen LogP contribution in [0.4, 0.5) is 17.6 Å². The number of anilines is 2. The Morgan fingerprint density at radius 3 is 2.82 bits per heavy atom. The summed E-state index contributed by atoms with van der Waals surface area (Å²) in [6.07, 6.45) is 1.22. The number of rotatable bonds is 6. The van der Waals surface area contributed by atoms with Crippen LogP contribution in [0.3, 0.4) is 0 Å². The Hall–Kier alpha value is -3.06. The largest absolute Gasteiger partial charge is 0.506 e. The number of aromatic nitrogens is 3. The first-order chi connectivity index (χ1) is 13.5. The molecule has 1 aliphatic heterocycles. The number of nitrogens with zero attached hydrogens (tertiary/aromatic N) is 6.